The highest BCUT2D eigenvalue weighted by atomic mass is 16.1. The molecule has 0 heterocycles. The standard InChI is InChI=1S/C19H26.C17H21NO.C4H8.C3H6.C2H6/c1-2-3-4-5-6-7-8-11-17-14-15-18-12-9-10-13-19(18)16-17;1-18(14-19)12-6-2-3-7-15-10-11-16-8-4-5-9-17(16)13-15;1-4(2)3;1-2-3-1;1-2/h9-10,12-16H,2-8,11H2,1H3;4-5,8-11,13-14H,2-3,6-7,12H2,1H3;1H2,2-3H3;1-3H2;1-2H3. The summed E-state index contributed by atoms with van der Waals surface area (Å²) in [6.45, 7) is 14.6. The second-order valence-electron chi connectivity index (χ2n) is 12.9. The van der Waals surface area contributed by atoms with Gasteiger partial charge in [-0.1, -0.05) is 175 Å². The van der Waals surface area contributed by atoms with Gasteiger partial charge in [0.2, 0.25) is 6.41 Å². The first-order chi connectivity index (χ1) is 22.9. The van der Waals surface area contributed by atoms with Crippen LogP contribution in [0.25, 0.3) is 21.5 Å². The third-order valence-corrected chi connectivity index (χ3v) is 7.71. The van der Waals surface area contributed by atoms with Gasteiger partial charge in [0.05, 0.1) is 0 Å². The largest absolute Gasteiger partial charge is 0.348 e. The molecule has 4 aromatic carbocycles. The van der Waals surface area contributed by atoms with Crippen LogP contribution in [0.3, 0.4) is 0 Å². The highest BCUT2D eigenvalue weighted by Gasteiger charge is 1.99. The molecule has 1 aliphatic carbocycles. The van der Waals surface area contributed by atoms with Crippen LogP contribution in [-0.2, 0) is 17.6 Å². The van der Waals surface area contributed by atoms with Gasteiger partial charge in [0.25, 0.3) is 0 Å². The van der Waals surface area contributed by atoms with E-state index in [1.807, 2.05) is 34.7 Å². The van der Waals surface area contributed by atoms with E-state index in [4.69, 9.17) is 0 Å². The van der Waals surface area contributed by atoms with E-state index in [0.29, 0.717) is 0 Å². The summed E-state index contributed by atoms with van der Waals surface area (Å²) in [5, 5.41) is 5.35. The van der Waals surface area contributed by atoms with E-state index in [2.05, 4.69) is 98.4 Å². The van der Waals surface area contributed by atoms with Crippen LogP contribution in [0.4, 0.5) is 0 Å². The summed E-state index contributed by atoms with van der Waals surface area (Å²) in [6.07, 6.45) is 20.9. The number of nitrogens with zero attached hydrogens (tertiary/aromatic N) is 1. The number of fused-ring (bicyclic) bond motifs is 2. The third kappa shape index (κ3) is 21.9. The first-order valence-corrected chi connectivity index (χ1v) is 18.7. The van der Waals surface area contributed by atoms with Crippen LogP contribution in [0, 0.1) is 0 Å². The molecule has 1 saturated carbocycles. The number of allylic oxidation sites excluding steroid dienone is 1. The molecule has 2 heteroatoms. The molecule has 0 saturated heterocycles. The molecule has 0 unspecified atom stereocenters. The molecule has 0 bridgehead atoms. The highest BCUT2D eigenvalue weighted by molar-refractivity contribution is 5.83. The van der Waals surface area contributed by atoms with Crippen LogP contribution in [-0.4, -0.2) is 24.9 Å². The van der Waals surface area contributed by atoms with Crippen molar-refractivity contribution in [3.63, 3.8) is 0 Å². The second-order valence-corrected chi connectivity index (χ2v) is 12.9. The average Bonchev–Trinajstić information content (AvgIpc) is 3.99. The zero-order chi connectivity index (χ0) is 34.5. The van der Waals surface area contributed by atoms with Crippen molar-refractivity contribution in [2.45, 2.75) is 131 Å². The van der Waals surface area contributed by atoms with E-state index in [1.165, 1.54) is 122 Å². The zero-order valence-electron chi connectivity index (χ0n) is 31.0. The SMILES string of the molecule is C1CC1.C=C(C)C.CC.CCCCCCCCCc1ccc2ccccc2c1.CN(C=O)CCCCCc1ccc2ccccc2c1. The van der Waals surface area contributed by atoms with Crippen LogP contribution in [0.2, 0.25) is 0 Å². The fourth-order valence-corrected chi connectivity index (χ4v) is 4.99. The maximum absolute atomic E-state index is 10.4. The number of rotatable bonds is 15. The number of unbranched alkanes of at least 4 members (excludes halogenated alkanes) is 8. The molecule has 0 radical (unpaired) electrons. The lowest BCUT2D eigenvalue weighted by Crippen LogP contribution is -2.16. The molecule has 0 N–H and O–H groups in total. The molecule has 1 aliphatic rings. The summed E-state index contributed by atoms with van der Waals surface area (Å²) in [7, 11) is 1.83. The zero-order valence-corrected chi connectivity index (χ0v) is 31.0. The topological polar surface area (TPSA) is 20.3 Å². The van der Waals surface area contributed by atoms with Gasteiger partial charge in [0, 0.05) is 13.6 Å². The Morgan fingerprint density at radius 3 is 1.40 bits per heavy atom. The Balaban J connectivity index is 0.000000373. The lowest BCUT2D eigenvalue weighted by molar-refractivity contribution is -0.117. The molecule has 0 aliphatic heterocycles. The molecule has 4 aromatic rings. The van der Waals surface area contributed by atoms with Crippen LogP contribution < -0.4 is 0 Å². The maximum atomic E-state index is 10.4. The van der Waals surface area contributed by atoms with Crippen molar-refractivity contribution < 1.29 is 4.79 Å². The van der Waals surface area contributed by atoms with Crippen molar-refractivity contribution in [3.8, 4) is 0 Å². The van der Waals surface area contributed by atoms with Crippen LogP contribution in [0.1, 0.15) is 129 Å². The third-order valence-electron chi connectivity index (χ3n) is 7.71. The fourth-order valence-electron chi connectivity index (χ4n) is 4.99. The van der Waals surface area contributed by atoms with Gasteiger partial charge in [-0.2, -0.15) is 0 Å². The maximum Gasteiger partial charge on any atom is 0.209 e. The van der Waals surface area contributed by atoms with Gasteiger partial charge in [0.1, 0.15) is 0 Å². The van der Waals surface area contributed by atoms with Gasteiger partial charge in [-0.3, -0.25) is 4.79 Å². The van der Waals surface area contributed by atoms with E-state index in [9.17, 15) is 4.79 Å². The van der Waals surface area contributed by atoms with Crippen molar-refractivity contribution in [1.29, 1.82) is 0 Å². The molecular formula is C45H67NO. The smallest absolute Gasteiger partial charge is 0.209 e. The van der Waals surface area contributed by atoms with Gasteiger partial charge in [-0.25, -0.2) is 0 Å². The molecule has 1 amide bonds. The molecule has 1 fully saturated rings. The van der Waals surface area contributed by atoms with Gasteiger partial charge in [0.15, 0.2) is 0 Å². The predicted octanol–water partition coefficient (Wildman–Crippen LogP) is 13.6. The van der Waals surface area contributed by atoms with Gasteiger partial charge < -0.3 is 4.90 Å². The van der Waals surface area contributed by atoms with Gasteiger partial charge in [-0.05, 0) is 78.6 Å². The minimum absolute atomic E-state index is 0.862. The molecular weight excluding hydrogens is 571 g/mol. The molecule has 0 aromatic heterocycles. The van der Waals surface area contributed by atoms with Gasteiger partial charge in [-0.15, -0.1) is 6.58 Å². The average molecular weight is 638 g/mol. The van der Waals surface area contributed by atoms with Crippen LogP contribution in [0.15, 0.2) is 97.1 Å². The monoisotopic (exact) mass is 638 g/mol. The molecule has 47 heavy (non-hydrogen) atoms. The van der Waals surface area contributed by atoms with Crippen molar-refractivity contribution >= 4 is 28.0 Å². The lowest BCUT2D eigenvalue weighted by atomic mass is 10.0. The fraction of sp³-hybridized carbons (Fsp3) is 0.489. The summed E-state index contributed by atoms with van der Waals surface area (Å²) in [6, 6.07) is 30.7. The summed E-state index contributed by atoms with van der Waals surface area (Å²) in [5.74, 6) is 0. The van der Waals surface area contributed by atoms with Crippen molar-refractivity contribution in [3.05, 3.63) is 108 Å². The quantitative estimate of drug-likeness (QED) is 0.0721. The van der Waals surface area contributed by atoms with E-state index in [-0.39, 0.29) is 0 Å². The van der Waals surface area contributed by atoms with Crippen molar-refractivity contribution in [1.82, 2.24) is 4.90 Å². The number of hydrogen-bond donors (Lipinski definition) is 0. The Bertz CT molecular complexity index is 1350. The summed E-state index contributed by atoms with van der Waals surface area (Å²) in [4.78, 5) is 12.1. The molecule has 5 rings (SSSR count). The normalized spacial score (nSPS) is 10.9. The van der Waals surface area contributed by atoms with Crippen molar-refractivity contribution in [2.75, 3.05) is 13.6 Å². The van der Waals surface area contributed by atoms with Gasteiger partial charge >= 0.3 is 0 Å². The minimum atomic E-state index is 0.862. The number of benzene rings is 4. The van der Waals surface area contributed by atoms with Crippen LogP contribution in [0.5, 0.6) is 0 Å². The number of carbonyl (C=O) groups excluding carboxylic acids is 1. The predicted molar refractivity (Wildman–Crippen MR) is 212 cm³/mol. The number of carbonyl (C=O) groups is 1. The highest BCUT2D eigenvalue weighted by Crippen LogP contribution is 2.19. The summed E-state index contributed by atoms with van der Waals surface area (Å²) in [5.41, 5.74) is 4.06. The molecule has 0 spiro atoms. The Morgan fingerprint density at radius 2 is 1.00 bits per heavy atom. The molecule has 0 atom stereocenters. The first-order valence-electron chi connectivity index (χ1n) is 18.7. The van der Waals surface area contributed by atoms with E-state index in [1.54, 1.807) is 4.90 Å². The number of amides is 1. The first kappa shape index (κ1) is 41.6. The van der Waals surface area contributed by atoms with E-state index < -0.39 is 0 Å². The number of aryl methyl sites for hydroxylation is 2. The number of hydrogen-bond acceptors (Lipinski definition) is 1. The minimum Gasteiger partial charge on any atom is -0.348 e. The Hall–Kier alpha value is -3.39. The van der Waals surface area contributed by atoms with E-state index >= 15 is 0 Å². The molecule has 2 nitrogen and oxygen atoms in total. The Labute approximate surface area is 289 Å². The summed E-state index contributed by atoms with van der Waals surface area (Å²) < 4.78 is 0. The van der Waals surface area contributed by atoms with Crippen molar-refractivity contribution in [2.24, 2.45) is 0 Å². The Morgan fingerprint density at radius 1 is 0.617 bits per heavy atom. The second kappa shape index (κ2) is 27.7. The van der Waals surface area contributed by atoms with Crippen LogP contribution >= 0.6 is 0 Å². The molecule has 258 valence electrons. The van der Waals surface area contributed by atoms with E-state index in [0.717, 1.165) is 25.8 Å². The summed E-state index contributed by atoms with van der Waals surface area (Å²) >= 11 is 0. The lowest BCUT2D eigenvalue weighted by Gasteiger charge is -2.09. The Kier molecular flexibility index (Phi) is 24.5.